The summed E-state index contributed by atoms with van der Waals surface area (Å²) in [5.41, 5.74) is 0.693. The Balaban J connectivity index is 1.37. The minimum absolute atomic E-state index is 0.271. The number of nitrogens with one attached hydrogen (secondary N) is 3. The fourth-order valence-electron chi connectivity index (χ4n) is 4.45. The predicted octanol–water partition coefficient (Wildman–Crippen LogP) is 4.35. The summed E-state index contributed by atoms with van der Waals surface area (Å²) in [4.78, 5) is 8.84. The quantitative estimate of drug-likeness (QED) is 0.493. The lowest BCUT2D eigenvalue weighted by molar-refractivity contribution is 0.161. The maximum atomic E-state index is 14.6. The molecule has 0 amide bonds. The van der Waals surface area contributed by atoms with Gasteiger partial charge in [-0.15, -0.1) is 0 Å². The zero-order chi connectivity index (χ0) is 23.3. The first-order valence-electron chi connectivity index (χ1n) is 11.8. The van der Waals surface area contributed by atoms with Crippen molar-refractivity contribution in [2.24, 2.45) is 5.41 Å². The van der Waals surface area contributed by atoms with Crippen LogP contribution < -0.4 is 16.0 Å². The van der Waals surface area contributed by atoms with Gasteiger partial charge >= 0.3 is 0 Å². The van der Waals surface area contributed by atoms with Gasteiger partial charge in [0.05, 0.1) is 30.0 Å². The molecule has 2 saturated carbocycles. The number of hydrogen-bond donors (Lipinski definition) is 3. The van der Waals surface area contributed by atoms with Crippen molar-refractivity contribution >= 4 is 11.6 Å². The second kappa shape index (κ2) is 10.4. The summed E-state index contributed by atoms with van der Waals surface area (Å²) in [6, 6.07) is 10.8. The summed E-state index contributed by atoms with van der Waals surface area (Å²) >= 11 is 0. The number of aromatic nitrogens is 2. The van der Waals surface area contributed by atoms with Crippen LogP contribution in [0.2, 0.25) is 0 Å². The summed E-state index contributed by atoms with van der Waals surface area (Å²) in [5, 5.41) is 19.6. The van der Waals surface area contributed by atoms with Gasteiger partial charge in [0.2, 0.25) is 0 Å². The van der Waals surface area contributed by atoms with Gasteiger partial charge in [0.1, 0.15) is 11.6 Å². The maximum Gasteiger partial charge on any atom is 0.151 e. The Kier molecular flexibility index (Phi) is 7.41. The van der Waals surface area contributed by atoms with Crippen LogP contribution in [0, 0.1) is 22.6 Å². The minimum Gasteiger partial charge on any atom is -0.383 e. The summed E-state index contributed by atoms with van der Waals surface area (Å²) < 4.78 is 19.8. The molecular formula is C25H33FN6O. The lowest BCUT2D eigenvalue weighted by Gasteiger charge is -2.31. The highest BCUT2D eigenvalue weighted by atomic mass is 19.1. The van der Waals surface area contributed by atoms with Crippen LogP contribution >= 0.6 is 0 Å². The Bertz CT molecular complexity index is 981. The average Bonchev–Trinajstić information content (AvgIpc) is 3.61. The fourth-order valence-corrected chi connectivity index (χ4v) is 4.45. The molecule has 7 nitrogen and oxygen atoms in total. The summed E-state index contributed by atoms with van der Waals surface area (Å²) in [6.45, 7) is 3.42. The van der Waals surface area contributed by atoms with Crippen LogP contribution in [-0.2, 0) is 4.74 Å². The molecule has 0 spiro atoms. The van der Waals surface area contributed by atoms with Crippen molar-refractivity contribution in [1.29, 1.82) is 5.26 Å². The van der Waals surface area contributed by atoms with E-state index in [1.54, 1.807) is 19.2 Å². The number of anilines is 2. The topological polar surface area (TPSA) is 94.9 Å². The molecular weight excluding hydrogens is 419 g/mol. The van der Waals surface area contributed by atoms with Crippen molar-refractivity contribution in [3.63, 3.8) is 0 Å². The van der Waals surface area contributed by atoms with Crippen molar-refractivity contribution < 1.29 is 9.13 Å². The van der Waals surface area contributed by atoms with Crippen molar-refractivity contribution in [3.8, 4) is 17.3 Å². The van der Waals surface area contributed by atoms with Gasteiger partial charge in [0, 0.05) is 37.3 Å². The number of rotatable bonds is 10. The number of methoxy groups -OCH3 is 1. The van der Waals surface area contributed by atoms with Crippen LogP contribution in [-0.4, -0.2) is 48.4 Å². The molecule has 33 heavy (non-hydrogen) atoms. The van der Waals surface area contributed by atoms with E-state index in [-0.39, 0.29) is 5.41 Å². The van der Waals surface area contributed by atoms with Gasteiger partial charge in [0.25, 0.3) is 0 Å². The van der Waals surface area contributed by atoms with Crippen molar-refractivity contribution in [3.05, 3.63) is 36.3 Å². The van der Waals surface area contributed by atoms with Crippen LogP contribution in [0.5, 0.6) is 0 Å². The third-order valence-corrected chi connectivity index (χ3v) is 6.60. The van der Waals surface area contributed by atoms with Gasteiger partial charge in [-0.25, -0.2) is 14.4 Å². The smallest absolute Gasteiger partial charge is 0.151 e. The van der Waals surface area contributed by atoms with Crippen LogP contribution in [0.15, 0.2) is 30.5 Å². The number of nitrogens with zero attached hydrogens (tertiary/aromatic N) is 3. The Labute approximate surface area is 195 Å². The number of nitriles is 1. The molecule has 4 rings (SSSR count). The van der Waals surface area contributed by atoms with E-state index in [0.717, 1.165) is 38.5 Å². The monoisotopic (exact) mass is 452 g/mol. The highest BCUT2D eigenvalue weighted by molar-refractivity contribution is 5.65. The highest BCUT2D eigenvalue weighted by Gasteiger charge is 2.42. The first kappa shape index (κ1) is 23.4. The van der Waals surface area contributed by atoms with Crippen LogP contribution in [0.1, 0.15) is 45.4 Å². The van der Waals surface area contributed by atoms with Crippen molar-refractivity contribution in [2.75, 3.05) is 30.9 Å². The van der Waals surface area contributed by atoms with Crippen molar-refractivity contribution in [1.82, 2.24) is 15.3 Å². The van der Waals surface area contributed by atoms with Gasteiger partial charge < -0.3 is 20.7 Å². The molecule has 2 aliphatic carbocycles. The number of pyridine rings is 2. The Morgan fingerprint density at radius 2 is 1.97 bits per heavy atom. The molecule has 3 N–H and O–H groups in total. The van der Waals surface area contributed by atoms with Gasteiger partial charge in [-0.3, -0.25) is 0 Å². The van der Waals surface area contributed by atoms with Gasteiger partial charge in [-0.2, -0.15) is 5.26 Å². The lowest BCUT2D eigenvalue weighted by atomic mass is 9.90. The molecule has 1 atom stereocenters. The fraction of sp³-hybridized carbons (Fsp3) is 0.560. The van der Waals surface area contributed by atoms with E-state index in [9.17, 15) is 9.65 Å². The number of hydrogen-bond acceptors (Lipinski definition) is 7. The number of ether oxygens (including phenoxy) is 1. The average molecular weight is 453 g/mol. The van der Waals surface area contributed by atoms with E-state index in [4.69, 9.17) is 4.74 Å². The van der Waals surface area contributed by atoms with Gasteiger partial charge in [-0.05, 0) is 63.6 Å². The zero-order valence-electron chi connectivity index (χ0n) is 19.4. The Morgan fingerprint density at radius 3 is 2.67 bits per heavy atom. The molecule has 2 heterocycles. The van der Waals surface area contributed by atoms with E-state index in [1.807, 2.05) is 12.1 Å². The van der Waals surface area contributed by atoms with Gasteiger partial charge in [0.15, 0.2) is 5.82 Å². The van der Waals surface area contributed by atoms with E-state index < -0.39 is 5.82 Å². The van der Waals surface area contributed by atoms with Gasteiger partial charge in [-0.1, -0.05) is 6.07 Å². The Hall–Kier alpha value is -2.76. The van der Waals surface area contributed by atoms with Crippen LogP contribution in [0.4, 0.5) is 16.0 Å². The first-order valence-corrected chi connectivity index (χ1v) is 11.8. The largest absolute Gasteiger partial charge is 0.383 e. The van der Waals surface area contributed by atoms with E-state index in [1.165, 1.54) is 6.20 Å². The normalized spacial score (nSPS) is 22.2. The molecule has 2 aromatic rings. The molecule has 2 aliphatic rings. The molecule has 0 aromatic carbocycles. The minimum atomic E-state index is -0.402. The van der Waals surface area contributed by atoms with E-state index >= 15 is 0 Å². The molecule has 0 aliphatic heterocycles. The second-order valence-corrected chi connectivity index (χ2v) is 9.42. The third-order valence-electron chi connectivity index (χ3n) is 6.60. The standard InChI is InChI=1S/C25H33FN6O/c1-17(14-33-2)30-18-6-8-19(9-7-18)31-24-12-20(21(26)13-28-24)22-4-3-5-23(32-22)29-16-25(15-27)10-11-25/h3-5,12-13,17-19,30H,6-11,14,16H2,1-2H3,(H,28,31)(H,29,32)/t17-,18?,19?/m1/s1. The highest BCUT2D eigenvalue weighted by Crippen LogP contribution is 2.44. The van der Waals surface area contributed by atoms with Crippen LogP contribution in [0.3, 0.4) is 0 Å². The predicted molar refractivity (Wildman–Crippen MR) is 127 cm³/mol. The summed E-state index contributed by atoms with van der Waals surface area (Å²) in [6.07, 6.45) is 7.31. The molecule has 0 bridgehead atoms. The molecule has 8 heteroatoms. The zero-order valence-corrected chi connectivity index (χ0v) is 19.4. The molecule has 0 unspecified atom stereocenters. The molecule has 0 saturated heterocycles. The SMILES string of the molecule is COC[C@@H](C)NC1CCC(Nc2cc(-c3cccc(NCC4(C#N)CC4)n3)c(F)cn2)CC1. The molecule has 2 aromatic heterocycles. The molecule has 176 valence electrons. The first-order chi connectivity index (χ1) is 16.0. The summed E-state index contributed by atoms with van der Waals surface area (Å²) in [7, 11) is 1.73. The summed E-state index contributed by atoms with van der Waals surface area (Å²) in [5.74, 6) is 0.909. The Morgan fingerprint density at radius 1 is 1.21 bits per heavy atom. The van der Waals surface area contributed by atoms with Crippen LogP contribution in [0.25, 0.3) is 11.3 Å². The molecule has 0 radical (unpaired) electrons. The van der Waals surface area contributed by atoms with Crippen molar-refractivity contribution in [2.45, 2.75) is 63.6 Å². The van der Waals surface area contributed by atoms with E-state index in [2.05, 4.69) is 38.9 Å². The number of halogens is 1. The molecule has 2 fully saturated rings. The maximum absolute atomic E-state index is 14.6. The third kappa shape index (κ3) is 6.18. The second-order valence-electron chi connectivity index (χ2n) is 9.42. The van der Waals surface area contributed by atoms with E-state index in [0.29, 0.717) is 54.2 Å². The lowest BCUT2D eigenvalue weighted by Crippen LogP contribution is -2.42.